The van der Waals surface area contributed by atoms with Gasteiger partial charge in [-0.25, -0.2) is 4.79 Å². The molecule has 0 unspecified atom stereocenters. The number of hydrogen-bond donors (Lipinski definition) is 4. The molecular weight excluding hydrogens is 238 g/mol. The van der Waals surface area contributed by atoms with Crippen molar-refractivity contribution in [2.24, 2.45) is 5.73 Å². The molecule has 1 aromatic rings. The Bertz CT molecular complexity index is 487. The molecule has 0 fully saturated rings. The average molecular weight is 251 g/mol. The molecule has 0 aliphatic heterocycles. The minimum absolute atomic E-state index is 0.149. The Balaban J connectivity index is 2.76. The second-order valence-electron chi connectivity index (χ2n) is 3.57. The molecule has 0 bridgehead atoms. The predicted molar refractivity (Wildman–Crippen MR) is 64.2 cm³/mol. The SMILES string of the molecule is C[C@H](NC(=O)Nc1ccccc1C(N)=O)C(=O)O. The number of amides is 3. The number of rotatable bonds is 4. The molecule has 0 saturated carbocycles. The fourth-order valence-corrected chi connectivity index (χ4v) is 1.22. The van der Waals surface area contributed by atoms with Gasteiger partial charge in [-0.05, 0) is 19.1 Å². The number of carbonyl (C=O) groups excluding carboxylic acids is 2. The zero-order chi connectivity index (χ0) is 13.7. The molecule has 0 aromatic heterocycles. The largest absolute Gasteiger partial charge is 0.480 e. The maximum Gasteiger partial charge on any atom is 0.325 e. The van der Waals surface area contributed by atoms with Gasteiger partial charge in [-0.2, -0.15) is 0 Å². The van der Waals surface area contributed by atoms with E-state index in [1.54, 1.807) is 12.1 Å². The topological polar surface area (TPSA) is 122 Å². The molecule has 96 valence electrons. The third-order valence-electron chi connectivity index (χ3n) is 2.16. The molecule has 0 saturated heterocycles. The molecule has 1 aromatic carbocycles. The second-order valence-corrected chi connectivity index (χ2v) is 3.57. The van der Waals surface area contributed by atoms with Crippen molar-refractivity contribution in [1.82, 2.24) is 5.32 Å². The third kappa shape index (κ3) is 3.48. The molecule has 0 radical (unpaired) electrons. The van der Waals surface area contributed by atoms with Crippen LogP contribution in [-0.4, -0.2) is 29.1 Å². The Morgan fingerprint density at radius 1 is 1.28 bits per heavy atom. The van der Waals surface area contributed by atoms with Crippen LogP contribution >= 0.6 is 0 Å². The highest BCUT2D eigenvalue weighted by Crippen LogP contribution is 2.13. The van der Waals surface area contributed by atoms with E-state index >= 15 is 0 Å². The molecule has 1 rings (SSSR count). The molecule has 7 nitrogen and oxygen atoms in total. The molecule has 7 heteroatoms. The van der Waals surface area contributed by atoms with Gasteiger partial charge in [0.05, 0.1) is 11.3 Å². The fourth-order valence-electron chi connectivity index (χ4n) is 1.22. The van der Waals surface area contributed by atoms with Crippen LogP contribution in [0, 0.1) is 0 Å². The Labute approximate surface area is 103 Å². The van der Waals surface area contributed by atoms with Crippen LogP contribution in [0.15, 0.2) is 24.3 Å². The fraction of sp³-hybridized carbons (Fsp3) is 0.182. The van der Waals surface area contributed by atoms with Crippen molar-refractivity contribution in [1.29, 1.82) is 0 Å². The van der Waals surface area contributed by atoms with Crippen LogP contribution in [0.25, 0.3) is 0 Å². The van der Waals surface area contributed by atoms with Crippen molar-refractivity contribution >= 4 is 23.6 Å². The number of anilines is 1. The van der Waals surface area contributed by atoms with Crippen LogP contribution in [0.5, 0.6) is 0 Å². The number of nitrogens with two attached hydrogens (primary N) is 1. The molecule has 0 spiro atoms. The number of nitrogens with one attached hydrogen (secondary N) is 2. The highest BCUT2D eigenvalue weighted by molar-refractivity contribution is 6.03. The van der Waals surface area contributed by atoms with Gasteiger partial charge in [0.2, 0.25) is 0 Å². The van der Waals surface area contributed by atoms with E-state index in [1.165, 1.54) is 19.1 Å². The summed E-state index contributed by atoms with van der Waals surface area (Å²) in [6.45, 7) is 1.32. The summed E-state index contributed by atoms with van der Waals surface area (Å²) in [4.78, 5) is 33.1. The lowest BCUT2D eigenvalue weighted by molar-refractivity contribution is -0.138. The van der Waals surface area contributed by atoms with Gasteiger partial charge in [0, 0.05) is 0 Å². The average Bonchev–Trinajstić information content (AvgIpc) is 2.28. The Morgan fingerprint density at radius 3 is 2.44 bits per heavy atom. The predicted octanol–water partition coefficient (Wildman–Crippen LogP) is 0.380. The van der Waals surface area contributed by atoms with Crippen LogP contribution in [0.1, 0.15) is 17.3 Å². The zero-order valence-electron chi connectivity index (χ0n) is 9.64. The van der Waals surface area contributed by atoms with Crippen molar-refractivity contribution in [2.45, 2.75) is 13.0 Å². The lowest BCUT2D eigenvalue weighted by Gasteiger charge is -2.12. The summed E-state index contributed by atoms with van der Waals surface area (Å²) in [5.41, 5.74) is 5.51. The summed E-state index contributed by atoms with van der Waals surface area (Å²) in [6, 6.07) is 4.40. The van der Waals surface area contributed by atoms with Crippen LogP contribution in [0.4, 0.5) is 10.5 Å². The van der Waals surface area contributed by atoms with Crippen molar-refractivity contribution in [3.63, 3.8) is 0 Å². The van der Waals surface area contributed by atoms with Gasteiger partial charge in [-0.3, -0.25) is 9.59 Å². The Kier molecular flexibility index (Phi) is 4.25. The van der Waals surface area contributed by atoms with Crippen molar-refractivity contribution in [3.8, 4) is 0 Å². The van der Waals surface area contributed by atoms with Crippen LogP contribution in [0.2, 0.25) is 0 Å². The molecular formula is C11H13N3O4. The van der Waals surface area contributed by atoms with E-state index in [0.29, 0.717) is 0 Å². The summed E-state index contributed by atoms with van der Waals surface area (Å²) in [5, 5.41) is 13.2. The van der Waals surface area contributed by atoms with Gasteiger partial charge >= 0.3 is 12.0 Å². The molecule has 0 aliphatic rings. The Morgan fingerprint density at radius 2 is 1.89 bits per heavy atom. The van der Waals surface area contributed by atoms with Gasteiger partial charge in [-0.1, -0.05) is 12.1 Å². The van der Waals surface area contributed by atoms with Crippen LogP contribution < -0.4 is 16.4 Å². The number of benzene rings is 1. The minimum atomic E-state index is -1.16. The number of carboxylic acids is 1. The van der Waals surface area contributed by atoms with E-state index in [2.05, 4.69) is 10.6 Å². The number of primary amides is 1. The first kappa shape index (κ1) is 13.5. The standard InChI is InChI=1S/C11H13N3O4/c1-6(10(16)17)13-11(18)14-8-5-3-2-4-7(8)9(12)15/h2-6H,1H3,(H2,12,15)(H,16,17)(H2,13,14,18)/t6-/m0/s1. The van der Waals surface area contributed by atoms with Crippen LogP contribution in [0.3, 0.4) is 0 Å². The molecule has 18 heavy (non-hydrogen) atoms. The summed E-state index contributed by atoms with van der Waals surface area (Å²) in [6.07, 6.45) is 0. The van der Waals surface area contributed by atoms with E-state index in [1.807, 2.05) is 0 Å². The monoisotopic (exact) mass is 251 g/mol. The first-order chi connectivity index (χ1) is 8.41. The first-order valence-electron chi connectivity index (χ1n) is 5.11. The summed E-state index contributed by atoms with van der Waals surface area (Å²) >= 11 is 0. The summed E-state index contributed by atoms with van der Waals surface area (Å²) in [7, 11) is 0. The van der Waals surface area contributed by atoms with Gasteiger partial charge in [0.25, 0.3) is 5.91 Å². The van der Waals surface area contributed by atoms with Gasteiger partial charge in [0.15, 0.2) is 0 Å². The smallest absolute Gasteiger partial charge is 0.325 e. The summed E-state index contributed by atoms with van der Waals surface area (Å²) in [5.74, 6) is -1.84. The molecule has 0 heterocycles. The molecule has 1 atom stereocenters. The number of urea groups is 1. The summed E-state index contributed by atoms with van der Waals surface area (Å²) < 4.78 is 0. The quantitative estimate of drug-likeness (QED) is 0.617. The first-order valence-corrected chi connectivity index (χ1v) is 5.11. The second kappa shape index (κ2) is 5.67. The number of carbonyl (C=O) groups is 3. The van der Waals surface area contributed by atoms with E-state index in [-0.39, 0.29) is 11.3 Å². The maximum absolute atomic E-state index is 11.5. The highest BCUT2D eigenvalue weighted by atomic mass is 16.4. The van der Waals surface area contributed by atoms with Gasteiger partial charge in [0.1, 0.15) is 6.04 Å². The number of carboxylic acid groups (broad SMARTS) is 1. The lowest BCUT2D eigenvalue weighted by Crippen LogP contribution is -2.41. The molecule has 5 N–H and O–H groups in total. The number of aliphatic carboxylic acids is 1. The number of para-hydroxylation sites is 1. The minimum Gasteiger partial charge on any atom is -0.480 e. The Hall–Kier alpha value is -2.57. The van der Waals surface area contributed by atoms with Crippen molar-refractivity contribution in [2.75, 3.05) is 5.32 Å². The van der Waals surface area contributed by atoms with Crippen LogP contribution in [-0.2, 0) is 4.79 Å². The highest BCUT2D eigenvalue weighted by Gasteiger charge is 2.15. The third-order valence-corrected chi connectivity index (χ3v) is 2.16. The zero-order valence-corrected chi connectivity index (χ0v) is 9.64. The van der Waals surface area contributed by atoms with E-state index < -0.39 is 23.9 Å². The van der Waals surface area contributed by atoms with Crippen molar-refractivity contribution in [3.05, 3.63) is 29.8 Å². The van der Waals surface area contributed by atoms with Crippen molar-refractivity contribution < 1.29 is 19.5 Å². The van der Waals surface area contributed by atoms with E-state index in [4.69, 9.17) is 10.8 Å². The van der Waals surface area contributed by atoms with E-state index in [9.17, 15) is 14.4 Å². The number of hydrogen-bond acceptors (Lipinski definition) is 3. The van der Waals surface area contributed by atoms with E-state index in [0.717, 1.165) is 0 Å². The maximum atomic E-state index is 11.5. The molecule has 0 aliphatic carbocycles. The van der Waals surface area contributed by atoms with Gasteiger partial charge < -0.3 is 21.5 Å². The normalized spacial score (nSPS) is 11.4. The van der Waals surface area contributed by atoms with Gasteiger partial charge in [-0.15, -0.1) is 0 Å². The molecule has 3 amide bonds. The lowest BCUT2D eigenvalue weighted by atomic mass is 10.1.